The number of nitrogens with two attached hydrogens (primary N) is 1. The van der Waals surface area contributed by atoms with Gasteiger partial charge in [0.05, 0.1) is 6.54 Å². The molecular formula is C4H9N3O. The van der Waals surface area contributed by atoms with Gasteiger partial charge in [-0.15, -0.1) is 0 Å². The molecule has 0 heterocycles. The minimum atomic E-state index is -0.166. The molecule has 1 amide bonds. The maximum atomic E-state index is 10.1. The van der Waals surface area contributed by atoms with Crippen LogP contribution in [0.15, 0.2) is 0 Å². The molecule has 0 saturated carbocycles. The summed E-state index contributed by atoms with van der Waals surface area (Å²) in [6, 6.07) is 0. The predicted molar refractivity (Wildman–Crippen MR) is 30.6 cm³/mol. The van der Waals surface area contributed by atoms with Crippen molar-refractivity contribution in [2.45, 2.75) is 6.92 Å². The number of amidine groups is 1. The Morgan fingerprint density at radius 2 is 2.38 bits per heavy atom. The average Bonchev–Trinajstić information content (AvgIpc) is 1.61. The first-order chi connectivity index (χ1) is 3.63. The summed E-state index contributed by atoms with van der Waals surface area (Å²) in [4.78, 5) is 10.1. The van der Waals surface area contributed by atoms with Crippen LogP contribution in [0.4, 0.5) is 0 Å². The molecule has 0 aromatic heterocycles. The zero-order chi connectivity index (χ0) is 6.57. The van der Waals surface area contributed by atoms with Gasteiger partial charge in [-0.05, 0) is 0 Å². The Morgan fingerprint density at radius 3 is 2.50 bits per heavy atom. The van der Waals surface area contributed by atoms with Crippen molar-refractivity contribution in [3.63, 3.8) is 0 Å². The Labute approximate surface area is 47.6 Å². The molecule has 0 aliphatic heterocycles. The molecule has 46 valence electrons. The summed E-state index contributed by atoms with van der Waals surface area (Å²) in [5.41, 5.74) is 4.91. The van der Waals surface area contributed by atoms with Crippen LogP contribution in [0.1, 0.15) is 6.92 Å². The fourth-order valence-corrected chi connectivity index (χ4v) is 0.220. The number of amides is 1. The number of hydrogen-bond acceptors (Lipinski definition) is 2. The quantitative estimate of drug-likeness (QED) is 0.320. The Hall–Kier alpha value is -1.06. The van der Waals surface area contributed by atoms with Crippen molar-refractivity contribution < 1.29 is 4.79 Å². The highest BCUT2D eigenvalue weighted by molar-refractivity contribution is 5.84. The Morgan fingerprint density at radius 1 is 1.88 bits per heavy atom. The van der Waals surface area contributed by atoms with E-state index in [9.17, 15) is 4.79 Å². The molecule has 0 aromatic rings. The first-order valence-corrected chi connectivity index (χ1v) is 2.20. The summed E-state index contributed by atoms with van der Waals surface area (Å²) in [5.74, 6) is -0.194. The molecule has 0 aromatic carbocycles. The van der Waals surface area contributed by atoms with Crippen LogP contribution < -0.4 is 11.1 Å². The molecule has 4 heteroatoms. The number of rotatable bonds is 2. The van der Waals surface area contributed by atoms with Crippen LogP contribution in [-0.2, 0) is 4.79 Å². The van der Waals surface area contributed by atoms with Crippen LogP contribution >= 0.6 is 0 Å². The van der Waals surface area contributed by atoms with E-state index in [4.69, 9.17) is 11.1 Å². The molecule has 8 heavy (non-hydrogen) atoms. The summed E-state index contributed by atoms with van der Waals surface area (Å²) in [6.07, 6.45) is 0. The third-order valence-electron chi connectivity index (χ3n) is 0.528. The van der Waals surface area contributed by atoms with E-state index < -0.39 is 0 Å². The lowest BCUT2D eigenvalue weighted by Gasteiger charge is -1.95. The molecule has 4 nitrogen and oxygen atoms in total. The number of hydrogen-bond donors (Lipinski definition) is 3. The van der Waals surface area contributed by atoms with Crippen molar-refractivity contribution in [3.05, 3.63) is 0 Å². The molecule has 4 N–H and O–H groups in total. The lowest BCUT2D eigenvalue weighted by atomic mass is 10.5. The second kappa shape index (κ2) is 3.01. The molecular weight excluding hydrogens is 106 g/mol. The van der Waals surface area contributed by atoms with E-state index in [0.29, 0.717) is 0 Å². The van der Waals surface area contributed by atoms with Crippen LogP contribution in [0.3, 0.4) is 0 Å². The molecule has 0 saturated heterocycles. The van der Waals surface area contributed by atoms with E-state index in [1.54, 1.807) is 0 Å². The normalized spacial score (nSPS) is 8.12. The van der Waals surface area contributed by atoms with Gasteiger partial charge in [-0.3, -0.25) is 10.2 Å². The van der Waals surface area contributed by atoms with Crippen molar-refractivity contribution in [3.8, 4) is 0 Å². The second-order valence-electron chi connectivity index (χ2n) is 1.43. The Bertz CT molecular complexity index is 95.9. The second-order valence-corrected chi connectivity index (χ2v) is 1.43. The van der Waals surface area contributed by atoms with Gasteiger partial charge in [-0.25, -0.2) is 0 Å². The van der Waals surface area contributed by atoms with E-state index in [1.807, 2.05) is 0 Å². The highest BCUT2D eigenvalue weighted by atomic mass is 16.1. The van der Waals surface area contributed by atoms with Gasteiger partial charge < -0.3 is 11.1 Å². The van der Waals surface area contributed by atoms with Gasteiger partial charge in [0.1, 0.15) is 5.84 Å². The number of carbonyl (C=O) groups is 1. The molecule has 0 atom stereocenters. The van der Waals surface area contributed by atoms with E-state index in [2.05, 4.69) is 5.32 Å². The van der Waals surface area contributed by atoms with E-state index in [0.717, 1.165) is 0 Å². The monoisotopic (exact) mass is 115 g/mol. The zero-order valence-electron chi connectivity index (χ0n) is 4.69. The van der Waals surface area contributed by atoms with Crippen LogP contribution in [0.2, 0.25) is 0 Å². The molecule has 0 radical (unpaired) electrons. The van der Waals surface area contributed by atoms with Gasteiger partial charge in [0.2, 0.25) is 5.91 Å². The number of nitrogens with one attached hydrogen (secondary N) is 2. The maximum absolute atomic E-state index is 10.1. The van der Waals surface area contributed by atoms with Crippen molar-refractivity contribution in [2.75, 3.05) is 6.54 Å². The minimum Gasteiger partial charge on any atom is -0.386 e. The SMILES string of the molecule is CC(=O)NCC(=N)N. The van der Waals surface area contributed by atoms with Crippen LogP contribution in [0, 0.1) is 5.41 Å². The van der Waals surface area contributed by atoms with Crippen LogP contribution in [0.25, 0.3) is 0 Å². The largest absolute Gasteiger partial charge is 0.386 e. The van der Waals surface area contributed by atoms with Gasteiger partial charge in [0.15, 0.2) is 0 Å². The molecule has 0 aliphatic carbocycles. The summed E-state index contributed by atoms with van der Waals surface area (Å²) in [7, 11) is 0. The van der Waals surface area contributed by atoms with Crippen molar-refractivity contribution in [2.24, 2.45) is 5.73 Å². The van der Waals surface area contributed by atoms with Gasteiger partial charge in [-0.1, -0.05) is 0 Å². The third kappa shape index (κ3) is 4.94. The lowest BCUT2D eigenvalue weighted by Crippen LogP contribution is -2.31. The third-order valence-corrected chi connectivity index (χ3v) is 0.528. The van der Waals surface area contributed by atoms with Crippen molar-refractivity contribution in [1.82, 2.24) is 5.32 Å². The molecule has 0 unspecified atom stereocenters. The average molecular weight is 115 g/mol. The molecule has 0 bridgehead atoms. The topological polar surface area (TPSA) is 79.0 Å². The standard InChI is InChI=1S/C4H9N3O/c1-3(8)7-2-4(5)6/h2H2,1H3,(H3,5,6)(H,7,8). The first kappa shape index (κ1) is 6.94. The lowest BCUT2D eigenvalue weighted by molar-refractivity contribution is -0.118. The Balaban J connectivity index is 3.18. The highest BCUT2D eigenvalue weighted by Gasteiger charge is 1.88. The summed E-state index contributed by atoms with van der Waals surface area (Å²) < 4.78 is 0. The van der Waals surface area contributed by atoms with Gasteiger partial charge in [-0.2, -0.15) is 0 Å². The predicted octanol–water partition coefficient (Wildman–Crippen LogP) is -0.942. The molecule has 0 aliphatic rings. The summed E-state index contributed by atoms with van der Waals surface area (Å²) >= 11 is 0. The smallest absolute Gasteiger partial charge is 0.217 e. The number of carbonyl (C=O) groups excluding carboxylic acids is 1. The zero-order valence-corrected chi connectivity index (χ0v) is 4.69. The van der Waals surface area contributed by atoms with E-state index >= 15 is 0 Å². The highest BCUT2D eigenvalue weighted by Crippen LogP contribution is 1.58. The maximum Gasteiger partial charge on any atom is 0.217 e. The van der Waals surface area contributed by atoms with Crippen molar-refractivity contribution in [1.29, 1.82) is 5.41 Å². The molecule has 0 rings (SSSR count). The minimum absolute atomic E-state index is 0.0276. The van der Waals surface area contributed by atoms with E-state index in [1.165, 1.54) is 6.92 Å². The fraction of sp³-hybridized carbons (Fsp3) is 0.500. The summed E-state index contributed by atoms with van der Waals surface area (Å²) in [6.45, 7) is 1.53. The molecule has 0 spiro atoms. The fourth-order valence-electron chi connectivity index (χ4n) is 0.220. The van der Waals surface area contributed by atoms with E-state index in [-0.39, 0.29) is 18.3 Å². The van der Waals surface area contributed by atoms with Gasteiger partial charge >= 0.3 is 0 Å². The Kier molecular flexibility index (Phi) is 2.61. The van der Waals surface area contributed by atoms with Gasteiger partial charge in [0, 0.05) is 6.92 Å². The van der Waals surface area contributed by atoms with Crippen LogP contribution in [-0.4, -0.2) is 18.3 Å². The summed E-state index contributed by atoms with van der Waals surface area (Å²) in [5, 5.41) is 9.01. The van der Waals surface area contributed by atoms with Crippen molar-refractivity contribution >= 4 is 11.7 Å². The van der Waals surface area contributed by atoms with Crippen LogP contribution in [0.5, 0.6) is 0 Å². The molecule has 0 fully saturated rings. The first-order valence-electron chi connectivity index (χ1n) is 2.20. The van der Waals surface area contributed by atoms with Gasteiger partial charge in [0.25, 0.3) is 0 Å².